The number of aromatic amines is 1. The number of hydrogen-bond donors (Lipinski definition) is 1. The third-order valence-electron chi connectivity index (χ3n) is 3.15. The van der Waals surface area contributed by atoms with Gasteiger partial charge in [0.05, 0.1) is 16.3 Å². The molecule has 3 aromatic rings. The first-order chi connectivity index (χ1) is 10.1. The summed E-state index contributed by atoms with van der Waals surface area (Å²) in [4.78, 5) is 20.1. The number of H-pyrrole nitrogens is 1. The first-order valence-electron chi connectivity index (χ1n) is 6.54. The van der Waals surface area contributed by atoms with Crippen LogP contribution in [0.1, 0.15) is 17.3 Å². The molecular weight excluding hydrogens is 348 g/mol. The van der Waals surface area contributed by atoms with Gasteiger partial charge in [0.1, 0.15) is 0 Å². The fourth-order valence-corrected chi connectivity index (χ4v) is 3.22. The van der Waals surface area contributed by atoms with Gasteiger partial charge in [0.15, 0.2) is 10.9 Å². The predicted octanol–water partition coefficient (Wildman–Crippen LogP) is 4.69. The number of rotatable bonds is 4. The van der Waals surface area contributed by atoms with Gasteiger partial charge in [-0.15, -0.1) is 0 Å². The second-order valence-electron chi connectivity index (χ2n) is 4.69. The number of aromatic nitrogens is 2. The summed E-state index contributed by atoms with van der Waals surface area (Å²) in [6.07, 6.45) is 0. The van der Waals surface area contributed by atoms with Gasteiger partial charge in [-0.25, -0.2) is 4.98 Å². The number of carbonyl (C=O) groups excluding carboxylic acids is 1. The molecule has 0 aliphatic rings. The maximum absolute atomic E-state index is 12.4. The van der Waals surface area contributed by atoms with E-state index in [-0.39, 0.29) is 11.0 Å². The largest absolute Gasteiger partial charge is 0.333 e. The van der Waals surface area contributed by atoms with Crippen LogP contribution in [0, 0.1) is 0 Å². The summed E-state index contributed by atoms with van der Waals surface area (Å²) in [5.74, 6) is 0.105. The van der Waals surface area contributed by atoms with Crippen LogP contribution in [0.15, 0.2) is 58.2 Å². The van der Waals surface area contributed by atoms with Gasteiger partial charge in [-0.2, -0.15) is 0 Å². The monoisotopic (exact) mass is 360 g/mol. The molecule has 0 radical (unpaired) electrons. The number of nitrogens with one attached hydrogen (secondary N) is 1. The highest BCUT2D eigenvalue weighted by atomic mass is 79.9. The summed E-state index contributed by atoms with van der Waals surface area (Å²) in [6.45, 7) is 1.90. The quantitative estimate of drug-likeness (QED) is 0.542. The van der Waals surface area contributed by atoms with Crippen molar-refractivity contribution in [1.29, 1.82) is 0 Å². The minimum atomic E-state index is -0.188. The van der Waals surface area contributed by atoms with E-state index in [0.717, 1.165) is 20.7 Å². The van der Waals surface area contributed by atoms with Crippen LogP contribution in [-0.4, -0.2) is 21.0 Å². The van der Waals surface area contributed by atoms with Crippen molar-refractivity contribution in [2.75, 3.05) is 0 Å². The molecule has 1 N–H and O–H groups in total. The van der Waals surface area contributed by atoms with Crippen LogP contribution >= 0.6 is 27.7 Å². The highest BCUT2D eigenvalue weighted by Crippen LogP contribution is 2.25. The lowest BCUT2D eigenvalue weighted by Gasteiger charge is -2.08. The summed E-state index contributed by atoms with van der Waals surface area (Å²) in [6, 6.07) is 15.3. The minimum absolute atomic E-state index is 0.105. The Balaban J connectivity index is 1.77. The Morgan fingerprint density at radius 1 is 1.19 bits per heavy atom. The number of fused-ring (bicyclic) bond motifs is 1. The van der Waals surface area contributed by atoms with E-state index in [2.05, 4.69) is 25.9 Å². The molecule has 1 heterocycles. The minimum Gasteiger partial charge on any atom is -0.333 e. The lowest BCUT2D eigenvalue weighted by molar-refractivity contribution is 0.0994. The van der Waals surface area contributed by atoms with Crippen LogP contribution in [0.4, 0.5) is 0 Å². The average Bonchev–Trinajstić information content (AvgIpc) is 2.89. The fraction of sp³-hybridized carbons (Fsp3) is 0.125. The van der Waals surface area contributed by atoms with Crippen LogP contribution in [0.25, 0.3) is 11.0 Å². The summed E-state index contributed by atoms with van der Waals surface area (Å²) in [5.41, 5.74) is 2.63. The number of nitrogens with zero attached hydrogens (tertiary/aromatic N) is 1. The lowest BCUT2D eigenvalue weighted by Crippen LogP contribution is -2.13. The molecule has 0 amide bonds. The smallest absolute Gasteiger partial charge is 0.175 e. The number of halogens is 1. The number of imidazole rings is 1. The third-order valence-corrected chi connectivity index (χ3v) is 4.67. The van der Waals surface area contributed by atoms with E-state index in [4.69, 9.17) is 0 Å². The molecule has 5 heteroatoms. The topological polar surface area (TPSA) is 45.8 Å². The first-order valence-corrected chi connectivity index (χ1v) is 8.22. The molecule has 1 aromatic heterocycles. The van der Waals surface area contributed by atoms with Gasteiger partial charge < -0.3 is 4.98 Å². The van der Waals surface area contributed by atoms with Gasteiger partial charge in [0.25, 0.3) is 0 Å². The molecule has 0 spiro atoms. The van der Waals surface area contributed by atoms with Crippen LogP contribution in [0.5, 0.6) is 0 Å². The van der Waals surface area contributed by atoms with Gasteiger partial charge >= 0.3 is 0 Å². The van der Waals surface area contributed by atoms with Crippen molar-refractivity contribution < 1.29 is 4.79 Å². The van der Waals surface area contributed by atoms with Gasteiger partial charge in [-0.05, 0) is 31.2 Å². The first kappa shape index (κ1) is 14.4. The SMILES string of the molecule is CC(Sc1nc2ccccc2[nH]1)C(=O)c1ccc(Br)cc1. The second-order valence-corrected chi connectivity index (χ2v) is 6.94. The highest BCUT2D eigenvalue weighted by molar-refractivity contribution is 9.10. The predicted molar refractivity (Wildman–Crippen MR) is 89.9 cm³/mol. The molecule has 0 saturated carbocycles. The van der Waals surface area contributed by atoms with E-state index in [1.54, 1.807) is 0 Å². The standard InChI is InChI=1S/C16H13BrN2OS/c1-10(15(20)11-6-8-12(17)9-7-11)21-16-18-13-4-2-3-5-14(13)19-16/h2-10H,1H3,(H,18,19). The average molecular weight is 361 g/mol. The van der Waals surface area contributed by atoms with Gasteiger partial charge in [0, 0.05) is 10.0 Å². The van der Waals surface area contributed by atoms with Crippen LogP contribution in [-0.2, 0) is 0 Å². The lowest BCUT2D eigenvalue weighted by atomic mass is 10.1. The zero-order chi connectivity index (χ0) is 14.8. The van der Waals surface area contributed by atoms with Gasteiger partial charge in [-0.1, -0.05) is 52.0 Å². The second kappa shape index (κ2) is 6.03. The zero-order valence-corrected chi connectivity index (χ0v) is 13.7. The normalized spacial score (nSPS) is 12.5. The Hall–Kier alpha value is -1.59. The molecule has 2 aromatic carbocycles. The van der Waals surface area contributed by atoms with Crippen molar-refractivity contribution >= 4 is 44.5 Å². The summed E-state index contributed by atoms with van der Waals surface area (Å²) in [7, 11) is 0. The molecule has 0 aliphatic carbocycles. The molecule has 0 aliphatic heterocycles. The maximum atomic E-state index is 12.4. The van der Waals surface area contributed by atoms with Crippen LogP contribution < -0.4 is 0 Å². The Bertz CT molecular complexity index is 749. The summed E-state index contributed by atoms with van der Waals surface area (Å²) >= 11 is 4.82. The molecule has 21 heavy (non-hydrogen) atoms. The summed E-state index contributed by atoms with van der Waals surface area (Å²) in [5, 5.41) is 0.584. The van der Waals surface area contributed by atoms with Crippen molar-refractivity contribution in [1.82, 2.24) is 9.97 Å². The Morgan fingerprint density at radius 2 is 1.90 bits per heavy atom. The maximum Gasteiger partial charge on any atom is 0.175 e. The number of hydrogen-bond acceptors (Lipinski definition) is 3. The van der Waals surface area contributed by atoms with E-state index < -0.39 is 0 Å². The van der Waals surface area contributed by atoms with E-state index in [1.165, 1.54) is 11.8 Å². The van der Waals surface area contributed by atoms with Crippen molar-refractivity contribution in [2.45, 2.75) is 17.3 Å². The van der Waals surface area contributed by atoms with Crippen molar-refractivity contribution in [3.8, 4) is 0 Å². The number of thioether (sulfide) groups is 1. The zero-order valence-electron chi connectivity index (χ0n) is 11.3. The number of para-hydroxylation sites is 2. The molecule has 1 unspecified atom stereocenters. The van der Waals surface area contributed by atoms with Gasteiger partial charge in [-0.3, -0.25) is 4.79 Å². The Labute approximate surface area is 135 Å². The Morgan fingerprint density at radius 3 is 2.62 bits per heavy atom. The van der Waals surface area contributed by atoms with E-state index >= 15 is 0 Å². The molecule has 0 saturated heterocycles. The molecule has 106 valence electrons. The molecule has 3 rings (SSSR count). The van der Waals surface area contributed by atoms with Crippen molar-refractivity contribution in [3.05, 3.63) is 58.6 Å². The van der Waals surface area contributed by atoms with Crippen LogP contribution in [0.3, 0.4) is 0 Å². The third kappa shape index (κ3) is 3.19. The summed E-state index contributed by atoms with van der Waals surface area (Å²) < 4.78 is 0.969. The number of carbonyl (C=O) groups is 1. The highest BCUT2D eigenvalue weighted by Gasteiger charge is 2.18. The van der Waals surface area contributed by atoms with Gasteiger partial charge in [0.2, 0.25) is 0 Å². The number of benzene rings is 2. The van der Waals surface area contributed by atoms with E-state index in [0.29, 0.717) is 5.56 Å². The molecular formula is C16H13BrN2OS. The Kier molecular flexibility index (Phi) is 4.12. The van der Waals surface area contributed by atoms with Crippen molar-refractivity contribution in [2.24, 2.45) is 0 Å². The van der Waals surface area contributed by atoms with Crippen molar-refractivity contribution in [3.63, 3.8) is 0 Å². The molecule has 1 atom stereocenters. The van der Waals surface area contributed by atoms with Crippen LogP contribution in [0.2, 0.25) is 0 Å². The number of ketones is 1. The molecule has 3 nitrogen and oxygen atoms in total. The molecule has 0 bridgehead atoms. The fourth-order valence-electron chi connectivity index (χ4n) is 2.06. The molecule has 0 fully saturated rings. The van der Waals surface area contributed by atoms with E-state index in [9.17, 15) is 4.79 Å². The number of Topliss-reactive ketones (excluding diaryl/α,β-unsaturated/α-hetero) is 1. The van der Waals surface area contributed by atoms with E-state index in [1.807, 2.05) is 55.5 Å².